The third-order valence-corrected chi connectivity index (χ3v) is 7.27. The number of hydrogen-bond donors (Lipinski definition) is 1. The fraction of sp³-hybridized carbons (Fsp3) is 0.591. The zero-order valence-electron chi connectivity index (χ0n) is 15.7. The molecule has 1 N–H and O–H groups in total. The van der Waals surface area contributed by atoms with Crippen molar-refractivity contribution in [1.29, 1.82) is 0 Å². The second-order valence-electron chi connectivity index (χ2n) is 8.64. The Morgan fingerprint density at radius 1 is 1.11 bits per heavy atom. The number of nitrogens with one attached hydrogen (secondary N) is 1. The van der Waals surface area contributed by atoms with Crippen LogP contribution in [0.3, 0.4) is 0 Å². The van der Waals surface area contributed by atoms with Gasteiger partial charge in [0.15, 0.2) is 0 Å². The Morgan fingerprint density at radius 2 is 1.96 bits per heavy atom. The van der Waals surface area contributed by atoms with Crippen molar-refractivity contribution in [2.24, 2.45) is 11.8 Å². The Labute approximate surface area is 166 Å². The van der Waals surface area contributed by atoms with Gasteiger partial charge in [0, 0.05) is 29.8 Å². The van der Waals surface area contributed by atoms with Crippen molar-refractivity contribution in [1.82, 2.24) is 9.80 Å². The van der Waals surface area contributed by atoms with Gasteiger partial charge in [-0.3, -0.25) is 4.90 Å². The monoisotopic (exact) mass is 385 g/mol. The lowest BCUT2D eigenvalue weighted by Gasteiger charge is -2.54. The molecule has 27 heavy (non-hydrogen) atoms. The van der Waals surface area contributed by atoms with Gasteiger partial charge in [-0.25, -0.2) is 4.79 Å². The predicted molar refractivity (Wildman–Crippen MR) is 109 cm³/mol. The summed E-state index contributed by atoms with van der Waals surface area (Å²) in [4.78, 5) is 17.9. The number of rotatable bonds is 1. The average Bonchev–Trinajstić information content (AvgIpc) is 2.69. The summed E-state index contributed by atoms with van der Waals surface area (Å²) in [6.07, 6.45) is 10.1. The Balaban J connectivity index is 1.38. The smallest absolute Gasteiger partial charge is 0.317 e. The van der Waals surface area contributed by atoms with Crippen LogP contribution in [0.25, 0.3) is 0 Å². The lowest BCUT2D eigenvalue weighted by molar-refractivity contribution is 0.00908. The van der Waals surface area contributed by atoms with Crippen LogP contribution in [-0.4, -0.2) is 47.5 Å². The molecule has 0 aromatic heterocycles. The minimum atomic E-state index is 0.0344. The van der Waals surface area contributed by atoms with Crippen molar-refractivity contribution < 1.29 is 4.79 Å². The number of nitrogens with zero attached hydrogens (tertiary/aromatic N) is 2. The topological polar surface area (TPSA) is 35.6 Å². The van der Waals surface area contributed by atoms with E-state index in [2.05, 4.69) is 21.2 Å². The van der Waals surface area contributed by atoms with Gasteiger partial charge in [-0.15, -0.1) is 0 Å². The first kappa shape index (κ1) is 17.6. The molecule has 0 radical (unpaired) electrons. The average molecular weight is 386 g/mol. The van der Waals surface area contributed by atoms with Gasteiger partial charge in [0.05, 0.1) is 6.04 Å². The van der Waals surface area contributed by atoms with Gasteiger partial charge in [-0.05, 0) is 74.8 Å². The highest BCUT2D eigenvalue weighted by Gasteiger charge is 2.46. The van der Waals surface area contributed by atoms with E-state index in [-0.39, 0.29) is 12.1 Å². The second-order valence-corrected chi connectivity index (χ2v) is 9.07. The zero-order chi connectivity index (χ0) is 18.4. The Hall–Kier alpha value is -1.52. The molecule has 1 aliphatic carbocycles. The Morgan fingerprint density at radius 3 is 2.81 bits per heavy atom. The number of fused-ring (bicyclic) bond motifs is 6. The minimum absolute atomic E-state index is 0.0344. The Bertz CT molecular complexity index is 746. The van der Waals surface area contributed by atoms with E-state index < -0.39 is 0 Å². The molecule has 4 atom stereocenters. The standard InChI is InChI=1S/C22H28ClN3O/c23-18-6-8-19(9-7-18)24-22(27)26-11-3-4-15-12-16-13-17(21(15)26)14-25-10-2-1-5-20(16)25/h6-9,12,16-17,20-21H,1-5,10-11,13-14H2,(H,24,27)/t16-,17+,20-,21-/m1/s1. The lowest BCUT2D eigenvalue weighted by atomic mass is 9.68. The van der Waals surface area contributed by atoms with Crippen LogP contribution in [0.4, 0.5) is 10.5 Å². The van der Waals surface area contributed by atoms with Gasteiger partial charge in [0.2, 0.25) is 0 Å². The minimum Gasteiger partial charge on any atom is -0.317 e. The molecule has 2 amide bonds. The predicted octanol–water partition coefficient (Wildman–Crippen LogP) is 4.77. The van der Waals surface area contributed by atoms with Crippen LogP contribution in [0, 0.1) is 11.8 Å². The largest absolute Gasteiger partial charge is 0.322 e. The maximum absolute atomic E-state index is 13.1. The van der Waals surface area contributed by atoms with Crippen molar-refractivity contribution in [3.63, 3.8) is 0 Å². The third-order valence-electron chi connectivity index (χ3n) is 7.01. The van der Waals surface area contributed by atoms with E-state index in [1.165, 1.54) is 37.8 Å². The maximum Gasteiger partial charge on any atom is 0.322 e. The van der Waals surface area contributed by atoms with E-state index in [1.54, 1.807) is 0 Å². The first-order chi connectivity index (χ1) is 13.2. The first-order valence-corrected chi connectivity index (χ1v) is 10.8. The number of halogens is 1. The van der Waals surface area contributed by atoms with Crippen LogP contribution in [0.2, 0.25) is 5.02 Å². The van der Waals surface area contributed by atoms with Gasteiger partial charge in [-0.2, -0.15) is 0 Å². The molecule has 4 nitrogen and oxygen atoms in total. The van der Waals surface area contributed by atoms with Crippen molar-refractivity contribution in [2.75, 3.05) is 25.0 Å². The summed E-state index contributed by atoms with van der Waals surface area (Å²) in [7, 11) is 0. The summed E-state index contributed by atoms with van der Waals surface area (Å²) in [6, 6.07) is 8.45. The van der Waals surface area contributed by atoms with Crippen molar-refractivity contribution in [2.45, 2.75) is 50.6 Å². The van der Waals surface area contributed by atoms with E-state index in [0.29, 0.717) is 16.9 Å². The van der Waals surface area contributed by atoms with Crippen LogP contribution in [0.1, 0.15) is 38.5 Å². The number of amides is 2. The first-order valence-electron chi connectivity index (χ1n) is 10.5. The molecule has 3 heterocycles. The summed E-state index contributed by atoms with van der Waals surface area (Å²) in [5, 5.41) is 3.78. The summed E-state index contributed by atoms with van der Waals surface area (Å²) >= 11 is 5.97. The number of likely N-dealkylation sites (tertiary alicyclic amines) is 1. The molecule has 1 aromatic rings. The molecule has 4 aliphatic rings. The van der Waals surface area contributed by atoms with Gasteiger partial charge in [0.1, 0.15) is 0 Å². The molecular formula is C22H28ClN3O. The highest BCUT2D eigenvalue weighted by molar-refractivity contribution is 6.30. The van der Waals surface area contributed by atoms with E-state index in [1.807, 2.05) is 24.3 Å². The number of carbonyl (C=O) groups excluding carboxylic acids is 1. The van der Waals surface area contributed by atoms with E-state index in [9.17, 15) is 4.79 Å². The summed E-state index contributed by atoms with van der Waals surface area (Å²) < 4.78 is 0. The molecule has 0 saturated carbocycles. The van der Waals surface area contributed by atoms with Crippen molar-refractivity contribution in [3.8, 4) is 0 Å². The van der Waals surface area contributed by atoms with E-state index >= 15 is 0 Å². The normalized spacial score (nSPS) is 32.9. The van der Waals surface area contributed by atoms with Crippen LogP contribution in [0.5, 0.6) is 0 Å². The lowest BCUT2D eigenvalue weighted by Crippen LogP contribution is -2.60. The molecule has 0 unspecified atom stereocenters. The van der Waals surface area contributed by atoms with Gasteiger partial charge in [0.25, 0.3) is 0 Å². The number of anilines is 1. The quantitative estimate of drug-likeness (QED) is 0.707. The number of piperidine rings is 3. The summed E-state index contributed by atoms with van der Waals surface area (Å²) in [5.41, 5.74) is 2.34. The molecule has 3 aliphatic heterocycles. The molecule has 1 aromatic carbocycles. The number of urea groups is 1. The number of carbonyl (C=O) groups is 1. The fourth-order valence-corrected chi connectivity index (χ4v) is 6.06. The van der Waals surface area contributed by atoms with Gasteiger partial charge < -0.3 is 10.2 Å². The molecular weight excluding hydrogens is 358 g/mol. The Kier molecular flexibility index (Phi) is 4.65. The van der Waals surface area contributed by atoms with Crippen molar-refractivity contribution >= 4 is 23.3 Å². The van der Waals surface area contributed by atoms with E-state index in [4.69, 9.17) is 11.6 Å². The number of benzene rings is 1. The van der Waals surface area contributed by atoms with E-state index in [0.717, 1.165) is 37.7 Å². The van der Waals surface area contributed by atoms with Crippen LogP contribution in [-0.2, 0) is 0 Å². The van der Waals surface area contributed by atoms with Gasteiger partial charge in [-0.1, -0.05) is 29.7 Å². The molecule has 3 saturated heterocycles. The zero-order valence-corrected chi connectivity index (χ0v) is 16.5. The highest BCUT2D eigenvalue weighted by atomic mass is 35.5. The van der Waals surface area contributed by atoms with Crippen LogP contribution >= 0.6 is 11.6 Å². The molecule has 5 rings (SSSR count). The molecule has 5 heteroatoms. The molecule has 0 spiro atoms. The molecule has 3 fully saturated rings. The summed E-state index contributed by atoms with van der Waals surface area (Å²) in [6.45, 7) is 3.25. The second kappa shape index (κ2) is 7.14. The molecule has 2 bridgehead atoms. The van der Waals surface area contributed by atoms with Crippen LogP contribution < -0.4 is 5.32 Å². The number of hydrogen-bond acceptors (Lipinski definition) is 2. The maximum atomic E-state index is 13.1. The van der Waals surface area contributed by atoms with Crippen molar-refractivity contribution in [3.05, 3.63) is 40.9 Å². The fourth-order valence-electron chi connectivity index (χ4n) is 5.93. The molecule has 144 valence electrons. The van der Waals surface area contributed by atoms with Gasteiger partial charge >= 0.3 is 6.03 Å². The highest BCUT2D eigenvalue weighted by Crippen LogP contribution is 2.45. The third kappa shape index (κ3) is 3.27. The van der Waals surface area contributed by atoms with Crippen LogP contribution in [0.15, 0.2) is 35.9 Å². The SMILES string of the molecule is O=C(Nc1ccc(Cl)cc1)N1CCCC2=C[C@@H]3C[C@@H](CN4CCCC[C@H]34)[C@@H]21. The summed E-state index contributed by atoms with van der Waals surface area (Å²) in [5.74, 6) is 1.29.